The molecule has 2 aromatic rings. The summed E-state index contributed by atoms with van der Waals surface area (Å²) in [7, 11) is 1.93. The van der Waals surface area contributed by atoms with Crippen molar-refractivity contribution in [2.45, 2.75) is 13.3 Å². The second kappa shape index (κ2) is 4.21. The minimum Gasteiger partial charge on any atom is -0.342 e. The number of aromatic nitrogens is 2. The monoisotopic (exact) mass is 223 g/mol. The lowest BCUT2D eigenvalue weighted by molar-refractivity contribution is 0.766. The topological polar surface area (TPSA) is 40.7 Å². The number of hydrogen-bond acceptors (Lipinski definition) is 2. The molecule has 0 bridgehead atoms. The van der Waals surface area contributed by atoms with E-state index in [9.17, 15) is 0 Å². The average molecular weight is 224 g/mol. The second-order valence-corrected chi connectivity index (χ2v) is 4.09. The van der Waals surface area contributed by atoms with Gasteiger partial charge in [0.25, 0.3) is 0 Å². The molecule has 0 amide bonds. The molecule has 0 spiro atoms. The average Bonchev–Trinajstić information content (AvgIpc) is 2.57. The van der Waals surface area contributed by atoms with Crippen LogP contribution in [0.4, 0.5) is 0 Å². The van der Waals surface area contributed by atoms with E-state index in [1.807, 2.05) is 20.0 Å². The van der Waals surface area contributed by atoms with Gasteiger partial charge < -0.3 is 10.3 Å². The van der Waals surface area contributed by atoms with Crippen molar-refractivity contribution < 1.29 is 0 Å². The summed E-state index contributed by atoms with van der Waals surface area (Å²) in [6.45, 7) is 2.94. The van der Waals surface area contributed by atoms with Crippen LogP contribution < -0.4 is 5.32 Å². The van der Waals surface area contributed by atoms with Gasteiger partial charge in [0.05, 0.1) is 10.5 Å². The first-order chi connectivity index (χ1) is 7.20. The lowest BCUT2D eigenvalue weighted by Crippen LogP contribution is -2.10. The van der Waals surface area contributed by atoms with E-state index in [-0.39, 0.29) is 0 Å². The molecule has 0 fully saturated rings. The Morgan fingerprint density at radius 1 is 1.47 bits per heavy atom. The summed E-state index contributed by atoms with van der Waals surface area (Å²) in [5.41, 5.74) is 3.04. The number of hydrogen-bond donors (Lipinski definition) is 2. The maximum atomic E-state index is 6.11. The number of aryl methyl sites for hydroxylation is 1. The van der Waals surface area contributed by atoms with E-state index in [1.165, 1.54) is 0 Å². The summed E-state index contributed by atoms with van der Waals surface area (Å²) in [6, 6.07) is 4.00. The van der Waals surface area contributed by atoms with Crippen LogP contribution in [0.25, 0.3) is 11.0 Å². The Bertz CT molecular complexity index is 476. The van der Waals surface area contributed by atoms with E-state index in [4.69, 9.17) is 11.6 Å². The fraction of sp³-hybridized carbons (Fsp3) is 0.364. The molecule has 0 saturated heterocycles. The molecule has 1 aromatic carbocycles. The molecule has 0 aliphatic rings. The highest BCUT2D eigenvalue weighted by molar-refractivity contribution is 6.35. The zero-order valence-corrected chi connectivity index (χ0v) is 9.65. The van der Waals surface area contributed by atoms with Gasteiger partial charge in [-0.05, 0) is 31.7 Å². The van der Waals surface area contributed by atoms with Gasteiger partial charge in [0.1, 0.15) is 11.3 Å². The Balaban J connectivity index is 2.41. The third kappa shape index (κ3) is 2.13. The molecule has 0 radical (unpaired) electrons. The quantitative estimate of drug-likeness (QED) is 0.838. The number of nitrogens with one attached hydrogen (secondary N) is 2. The number of nitrogens with zero attached hydrogens (tertiary/aromatic N) is 1. The van der Waals surface area contributed by atoms with Crippen molar-refractivity contribution in [3.05, 3.63) is 28.5 Å². The third-order valence-corrected chi connectivity index (χ3v) is 2.63. The van der Waals surface area contributed by atoms with Crippen LogP contribution in [0.3, 0.4) is 0 Å². The molecular weight excluding hydrogens is 210 g/mol. The molecule has 1 aromatic heterocycles. The first-order valence-electron chi connectivity index (χ1n) is 5.00. The van der Waals surface area contributed by atoms with Crippen molar-refractivity contribution in [1.29, 1.82) is 0 Å². The number of rotatable bonds is 3. The van der Waals surface area contributed by atoms with Gasteiger partial charge in [0, 0.05) is 13.0 Å². The van der Waals surface area contributed by atoms with Crippen LogP contribution in [0.1, 0.15) is 11.4 Å². The summed E-state index contributed by atoms with van der Waals surface area (Å²) in [4.78, 5) is 7.74. The van der Waals surface area contributed by atoms with Crippen LogP contribution in [0, 0.1) is 6.92 Å². The number of halogens is 1. The molecule has 0 aliphatic carbocycles. The van der Waals surface area contributed by atoms with E-state index in [0.717, 1.165) is 40.4 Å². The number of benzene rings is 1. The molecular formula is C11H14ClN3. The minimum atomic E-state index is 0.719. The van der Waals surface area contributed by atoms with Gasteiger partial charge in [-0.25, -0.2) is 4.98 Å². The SMILES string of the molecule is CNCCc1nc2c(Cl)cc(C)cc2[nH]1. The largest absolute Gasteiger partial charge is 0.342 e. The van der Waals surface area contributed by atoms with Gasteiger partial charge in [-0.1, -0.05) is 11.6 Å². The predicted molar refractivity (Wildman–Crippen MR) is 63.5 cm³/mol. The van der Waals surface area contributed by atoms with Crippen LogP contribution in [0.2, 0.25) is 5.02 Å². The van der Waals surface area contributed by atoms with Crippen molar-refractivity contribution in [2.24, 2.45) is 0 Å². The lowest BCUT2D eigenvalue weighted by Gasteiger charge is -1.94. The van der Waals surface area contributed by atoms with Gasteiger partial charge in [0.15, 0.2) is 0 Å². The highest BCUT2D eigenvalue weighted by Crippen LogP contribution is 2.23. The first kappa shape index (κ1) is 10.5. The molecule has 0 aliphatic heterocycles. The minimum absolute atomic E-state index is 0.719. The van der Waals surface area contributed by atoms with E-state index in [2.05, 4.69) is 21.4 Å². The fourth-order valence-electron chi connectivity index (χ4n) is 1.62. The van der Waals surface area contributed by atoms with Crippen LogP contribution in [-0.4, -0.2) is 23.6 Å². The van der Waals surface area contributed by atoms with Crippen LogP contribution in [0.15, 0.2) is 12.1 Å². The van der Waals surface area contributed by atoms with E-state index in [1.54, 1.807) is 0 Å². The fourth-order valence-corrected chi connectivity index (χ4v) is 1.94. The molecule has 0 atom stereocenters. The van der Waals surface area contributed by atoms with Crippen molar-refractivity contribution in [3.8, 4) is 0 Å². The Hall–Kier alpha value is -1.06. The smallest absolute Gasteiger partial charge is 0.108 e. The molecule has 0 unspecified atom stereocenters. The second-order valence-electron chi connectivity index (χ2n) is 3.68. The normalized spacial score (nSPS) is 11.1. The lowest BCUT2D eigenvalue weighted by atomic mass is 10.2. The molecule has 2 N–H and O–H groups in total. The number of imidazole rings is 1. The van der Waals surface area contributed by atoms with Gasteiger partial charge in [-0.15, -0.1) is 0 Å². The summed E-state index contributed by atoms with van der Waals surface area (Å²) in [5, 5.41) is 3.81. The number of H-pyrrole nitrogens is 1. The maximum absolute atomic E-state index is 6.11. The summed E-state index contributed by atoms with van der Waals surface area (Å²) < 4.78 is 0. The molecule has 3 nitrogen and oxygen atoms in total. The van der Waals surface area contributed by atoms with Crippen LogP contribution in [-0.2, 0) is 6.42 Å². The number of likely N-dealkylation sites (N-methyl/N-ethyl adjacent to an activating group) is 1. The standard InChI is InChI=1S/C11H14ClN3/c1-7-5-8(12)11-9(6-7)14-10(15-11)3-4-13-2/h5-6,13H,3-4H2,1-2H3,(H,14,15). The first-order valence-corrected chi connectivity index (χ1v) is 5.38. The molecule has 2 rings (SSSR count). The molecule has 80 valence electrons. The highest BCUT2D eigenvalue weighted by Gasteiger charge is 2.06. The highest BCUT2D eigenvalue weighted by atomic mass is 35.5. The van der Waals surface area contributed by atoms with Gasteiger partial charge in [0.2, 0.25) is 0 Å². The summed E-state index contributed by atoms with van der Waals surface area (Å²) >= 11 is 6.11. The van der Waals surface area contributed by atoms with Crippen molar-refractivity contribution in [1.82, 2.24) is 15.3 Å². The van der Waals surface area contributed by atoms with Gasteiger partial charge in [-0.2, -0.15) is 0 Å². The molecule has 1 heterocycles. The van der Waals surface area contributed by atoms with Crippen molar-refractivity contribution in [3.63, 3.8) is 0 Å². The number of aromatic amines is 1. The Labute approximate surface area is 93.9 Å². The molecule has 4 heteroatoms. The van der Waals surface area contributed by atoms with Crippen LogP contribution >= 0.6 is 11.6 Å². The van der Waals surface area contributed by atoms with E-state index < -0.39 is 0 Å². The van der Waals surface area contributed by atoms with E-state index in [0.29, 0.717) is 0 Å². The van der Waals surface area contributed by atoms with Crippen LogP contribution in [0.5, 0.6) is 0 Å². The zero-order valence-electron chi connectivity index (χ0n) is 8.89. The predicted octanol–water partition coefficient (Wildman–Crippen LogP) is 2.29. The van der Waals surface area contributed by atoms with Gasteiger partial charge >= 0.3 is 0 Å². The Kier molecular flexibility index (Phi) is 2.93. The molecule has 15 heavy (non-hydrogen) atoms. The van der Waals surface area contributed by atoms with Crippen molar-refractivity contribution >= 4 is 22.6 Å². The maximum Gasteiger partial charge on any atom is 0.108 e. The molecule has 0 saturated carbocycles. The Morgan fingerprint density at radius 3 is 3.00 bits per heavy atom. The number of fused-ring (bicyclic) bond motifs is 1. The third-order valence-electron chi connectivity index (χ3n) is 2.35. The summed E-state index contributed by atoms with van der Waals surface area (Å²) in [6.07, 6.45) is 0.889. The summed E-state index contributed by atoms with van der Waals surface area (Å²) in [5.74, 6) is 0.979. The van der Waals surface area contributed by atoms with E-state index >= 15 is 0 Å². The van der Waals surface area contributed by atoms with Gasteiger partial charge in [-0.3, -0.25) is 0 Å². The zero-order chi connectivity index (χ0) is 10.8. The van der Waals surface area contributed by atoms with Crippen molar-refractivity contribution in [2.75, 3.05) is 13.6 Å². The Morgan fingerprint density at radius 2 is 2.27 bits per heavy atom.